The molecule has 3 aromatic rings. The highest BCUT2D eigenvalue weighted by atomic mass is 35.5. The minimum Gasteiger partial charge on any atom is -0.507 e. The molecule has 14 heteroatoms. The zero-order valence-corrected chi connectivity index (χ0v) is 29.1. The van der Waals surface area contributed by atoms with Crippen molar-refractivity contribution in [3.63, 3.8) is 0 Å². The van der Waals surface area contributed by atoms with Crippen molar-refractivity contribution < 1.29 is 53.0 Å². The van der Waals surface area contributed by atoms with Crippen LogP contribution >= 0.6 is 23.2 Å². The summed E-state index contributed by atoms with van der Waals surface area (Å²) in [6.07, 6.45) is -0.580. The van der Waals surface area contributed by atoms with Gasteiger partial charge in [-0.1, -0.05) is 36.2 Å². The molecule has 2 aliphatic rings. The van der Waals surface area contributed by atoms with E-state index in [1.165, 1.54) is 53.7 Å². The van der Waals surface area contributed by atoms with E-state index in [-0.39, 0.29) is 80.8 Å². The Kier molecular flexibility index (Phi) is 10.1. The molecule has 1 spiro atoms. The molecule has 0 fully saturated rings. The standard InChI is InChI=1S/C35H35Cl2NO11/c1-16-9-22(40)28(33(42)35(16)34(43)29-23(44-2)14-24(45-3)30(37)32(29)49-35)19(18-11-25(46-4)31(48-6)26(12-18)47-5)13-27(41)38-15-17-7-8-21(39)20(36)10-17/h7-8,10-12,14,16,19,39,42H,9,13,15H2,1-6H3,(H,38,41)/t16-,19?,35+/m1/s1. The SMILES string of the molecule is COc1cc(OC)c2c(c1Cl)O[C@]1(C2=O)C(O)=C(C(CC(=O)NCc2ccc(O)c(Cl)c2)c2cc(OC)c(OC)c(OC)c2)C(=O)C[C@H]1C. The zero-order valence-electron chi connectivity index (χ0n) is 27.6. The van der Waals surface area contributed by atoms with Crippen LogP contribution in [0.1, 0.15) is 47.2 Å². The molecule has 1 aliphatic heterocycles. The fraction of sp³-hybridized carbons (Fsp3) is 0.343. The first-order chi connectivity index (χ1) is 23.4. The van der Waals surface area contributed by atoms with Gasteiger partial charge < -0.3 is 44.0 Å². The third kappa shape index (κ3) is 6.04. The van der Waals surface area contributed by atoms with Crippen molar-refractivity contribution in [2.75, 3.05) is 35.5 Å². The number of fused-ring (bicyclic) bond motifs is 1. The van der Waals surface area contributed by atoms with Gasteiger partial charge >= 0.3 is 0 Å². The fourth-order valence-corrected chi connectivity index (χ4v) is 6.81. The van der Waals surface area contributed by atoms with Crippen LogP contribution in [-0.4, -0.2) is 68.8 Å². The Labute approximate surface area is 292 Å². The Morgan fingerprint density at radius 3 is 2.14 bits per heavy atom. The van der Waals surface area contributed by atoms with Crippen LogP contribution in [0.5, 0.6) is 40.2 Å². The molecule has 1 aliphatic carbocycles. The van der Waals surface area contributed by atoms with Crippen molar-refractivity contribution in [2.24, 2.45) is 5.92 Å². The first kappa shape index (κ1) is 35.5. The number of amides is 1. The monoisotopic (exact) mass is 715 g/mol. The Morgan fingerprint density at radius 1 is 0.939 bits per heavy atom. The summed E-state index contributed by atoms with van der Waals surface area (Å²) in [7, 11) is 7.01. The van der Waals surface area contributed by atoms with Gasteiger partial charge in [0.2, 0.25) is 23.0 Å². The summed E-state index contributed by atoms with van der Waals surface area (Å²) in [5, 5.41) is 24.8. The molecular weight excluding hydrogens is 681 g/mol. The third-order valence-electron chi connectivity index (χ3n) is 8.84. The Balaban J connectivity index is 1.66. The van der Waals surface area contributed by atoms with Crippen molar-refractivity contribution >= 4 is 40.7 Å². The molecule has 0 radical (unpaired) electrons. The van der Waals surface area contributed by atoms with E-state index in [9.17, 15) is 24.6 Å². The molecule has 3 aromatic carbocycles. The molecule has 0 saturated carbocycles. The van der Waals surface area contributed by atoms with E-state index in [1.807, 2.05) is 0 Å². The van der Waals surface area contributed by atoms with Crippen LogP contribution in [0.2, 0.25) is 10.0 Å². The van der Waals surface area contributed by atoms with Gasteiger partial charge in [-0.25, -0.2) is 0 Å². The van der Waals surface area contributed by atoms with E-state index in [4.69, 9.17) is 51.6 Å². The highest BCUT2D eigenvalue weighted by Gasteiger charge is 2.61. The maximum Gasteiger partial charge on any atom is 0.231 e. The Bertz CT molecular complexity index is 1850. The second-order valence-electron chi connectivity index (χ2n) is 11.5. The summed E-state index contributed by atoms with van der Waals surface area (Å²) in [6.45, 7) is 1.65. The average molecular weight is 717 g/mol. The number of ketones is 2. The fourth-order valence-electron chi connectivity index (χ4n) is 6.35. The van der Waals surface area contributed by atoms with Crippen LogP contribution < -0.4 is 33.7 Å². The lowest BCUT2D eigenvalue weighted by molar-refractivity contribution is -0.122. The third-order valence-corrected chi connectivity index (χ3v) is 9.50. The predicted octanol–water partition coefficient (Wildman–Crippen LogP) is 5.97. The molecule has 3 atom stereocenters. The van der Waals surface area contributed by atoms with Crippen molar-refractivity contribution in [3.05, 3.63) is 74.5 Å². The number of Topliss-reactive ketones (excluding diaryl/α,β-unsaturated/α-hetero) is 2. The van der Waals surface area contributed by atoms with Gasteiger partial charge in [-0.3, -0.25) is 14.4 Å². The molecule has 1 heterocycles. The largest absolute Gasteiger partial charge is 0.507 e. The number of aromatic hydroxyl groups is 1. The van der Waals surface area contributed by atoms with Crippen LogP contribution in [-0.2, 0) is 16.1 Å². The van der Waals surface area contributed by atoms with Crippen molar-refractivity contribution in [3.8, 4) is 40.2 Å². The first-order valence-electron chi connectivity index (χ1n) is 15.1. The maximum absolute atomic E-state index is 14.4. The molecule has 5 rings (SSSR count). The molecule has 3 N–H and O–H groups in total. The van der Waals surface area contributed by atoms with E-state index in [1.54, 1.807) is 25.1 Å². The van der Waals surface area contributed by atoms with Crippen LogP contribution in [0, 0.1) is 5.92 Å². The van der Waals surface area contributed by atoms with Crippen molar-refractivity contribution in [1.29, 1.82) is 0 Å². The summed E-state index contributed by atoms with van der Waals surface area (Å²) < 4.78 is 33.7. The van der Waals surface area contributed by atoms with Gasteiger partial charge in [0, 0.05) is 42.9 Å². The minimum atomic E-state index is -2.08. The van der Waals surface area contributed by atoms with Gasteiger partial charge in [0.25, 0.3) is 0 Å². The lowest BCUT2D eigenvalue weighted by Crippen LogP contribution is -2.53. The molecular formula is C35H35Cl2NO11. The lowest BCUT2D eigenvalue weighted by atomic mass is 9.69. The smallest absolute Gasteiger partial charge is 0.231 e. The zero-order chi connectivity index (χ0) is 35.8. The minimum absolute atomic E-state index is 0.0168. The number of hydrogen-bond acceptors (Lipinski definition) is 11. The Hall–Kier alpha value is -4.81. The number of aliphatic hydroxyl groups is 1. The number of carbonyl (C=O) groups excluding carboxylic acids is 3. The second-order valence-corrected chi connectivity index (χ2v) is 12.3. The number of rotatable bonds is 11. The summed E-state index contributed by atoms with van der Waals surface area (Å²) in [6, 6.07) is 9.07. The predicted molar refractivity (Wildman–Crippen MR) is 179 cm³/mol. The van der Waals surface area contributed by atoms with Gasteiger partial charge in [0.1, 0.15) is 27.8 Å². The maximum atomic E-state index is 14.4. The number of phenolic OH excluding ortho intramolecular Hbond substituents is 1. The number of ether oxygens (including phenoxy) is 6. The van der Waals surface area contributed by atoms with Crippen molar-refractivity contribution in [2.45, 2.75) is 37.8 Å². The van der Waals surface area contributed by atoms with Gasteiger partial charge in [0.05, 0.1) is 40.6 Å². The van der Waals surface area contributed by atoms with Crippen LogP contribution in [0.25, 0.3) is 0 Å². The quantitative estimate of drug-likeness (QED) is 0.215. The van der Waals surface area contributed by atoms with Gasteiger partial charge in [-0.05, 0) is 35.4 Å². The number of allylic oxidation sites excluding steroid dienone is 1. The number of benzene rings is 3. The van der Waals surface area contributed by atoms with E-state index in [0.717, 1.165) is 0 Å². The number of aliphatic hydroxyl groups excluding tert-OH is 1. The van der Waals surface area contributed by atoms with Crippen LogP contribution in [0.15, 0.2) is 47.7 Å². The summed E-state index contributed by atoms with van der Waals surface area (Å²) in [5.41, 5.74) is -1.36. The number of halogens is 2. The van der Waals surface area contributed by atoms with E-state index in [2.05, 4.69) is 5.32 Å². The molecule has 0 aromatic heterocycles. The number of hydrogen-bond donors (Lipinski definition) is 3. The molecule has 1 amide bonds. The van der Waals surface area contributed by atoms with E-state index < -0.39 is 40.7 Å². The van der Waals surface area contributed by atoms with Crippen molar-refractivity contribution in [1.82, 2.24) is 5.32 Å². The normalized spacial score (nSPS) is 18.9. The van der Waals surface area contributed by atoms with Crippen LogP contribution in [0.4, 0.5) is 0 Å². The van der Waals surface area contributed by atoms with Gasteiger partial charge in [-0.2, -0.15) is 0 Å². The molecule has 12 nitrogen and oxygen atoms in total. The second kappa shape index (κ2) is 14.0. The molecule has 49 heavy (non-hydrogen) atoms. The summed E-state index contributed by atoms with van der Waals surface area (Å²) in [4.78, 5) is 42.0. The number of carbonyl (C=O) groups is 3. The lowest BCUT2D eigenvalue weighted by Gasteiger charge is -2.38. The molecule has 0 saturated heterocycles. The highest BCUT2D eigenvalue weighted by Crippen LogP contribution is 2.56. The summed E-state index contributed by atoms with van der Waals surface area (Å²) in [5.74, 6) is -3.51. The topological polar surface area (TPSA) is 159 Å². The first-order valence-corrected chi connectivity index (χ1v) is 15.8. The number of nitrogens with one attached hydrogen (secondary N) is 1. The Morgan fingerprint density at radius 2 is 1.57 bits per heavy atom. The molecule has 0 bridgehead atoms. The van der Waals surface area contributed by atoms with Gasteiger partial charge in [-0.15, -0.1) is 0 Å². The summed E-state index contributed by atoms with van der Waals surface area (Å²) >= 11 is 12.6. The number of phenols is 1. The van der Waals surface area contributed by atoms with E-state index >= 15 is 0 Å². The molecule has 1 unspecified atom stereocenters. The van der Waals surface area contributed by atoms with Crippen LogP contribution in [0.3, 0.4) is 0 Å². The highest BCUT2D eigenvalue weighted by molar-refractivity contribution is 6.35. The van der Waals surface area contributed by atoms with E-state index in [0.29, 0.717) is 11.1 Å². The van der Waals surface area contributed by atoms with Gasteiger partial charge in [0.15, 0.2) is 28.8 Å². The average Bonchev–Trinajstić information content (AvgIpc) is 3.41. The number of methoxy groups -OCH3 is 5. The molecule has 260 valence electrons.